The summed E-state index contributed by atoms with van der Waals surface area (Å²) in [7, 11) is 0. The maximum absolute atomic E-state index is 13.9. The molecule has 0 aliphatic carbocycles. The largest absolute Gasteiger partial charge is 0.360 e. The molecule has 1 N–H and O–H groups in total. The molecule has 4 heteroatoms. The van der Waals surface area contributed by atoms with E-state index in [1.165, 1.54) is 12.3 Å². The monoisotopic (exact) mass is 287 g/mol. The van der Waals surface area contributed by atoms with Crippen LogP contribution in [0.25, 0.3) is 10.9 Å². The van der Waals surface area contributed by atoms with Gasteiger partial charge in [0, 0.05) is 22.7 Å². The van der Waals surface area contributed by atoms with E-state index in [9.17, 15) is 9.18 Å². The van der Waals surface area contributed by atoms with E-state index in [4.69, 9.17) is 11.6 Å². The van der Waals surface area contributed by atoms with Crippen LogP contribution in [0.4, 0.5) is 4.39 Å². The first-order chi connectivity index (χ1) is 9.58. The Hall–Kier alpha value is -2.13. The van der Waals surface area contributed by atoms with Crippen molar-refractivity contribution in [3.63, 3.8) is 0 Å². The summed E-state index contributed by atoms with van der Waals surface area (Å²) in [4.78, 5) is 15.4. The van der Waals surface area contributed by atoms with Crippen molar-refractivity contribution in [2.45, 2.75) is 6.92 Å². The van der Waals surface area contributed by atoms with Gasteiger partial charge >= 0.3 is 0 Å². The van der Waals surface area contributed by atoms with Crippen LogP contribution in [-0.4, -0.2) is 10.8 Å². The number of aromatic amines is 1. The molecule has 3 aromatic rings. The van der Waals surface area contributed by atoms with Gasteiger partial charge in [-0.2, -0.15) is 0 Å². The third-order valence-corrected chi connectivity index (χ3v) is 3.58. The molecule has 2 nitrogen and oxygen atoms in total. The highest BCUT2D eigenvalue weighted by atomic mass is 35.5. The van der Waals surface area contributed by atoms with Gasteiger partial charge in [-0.1, -0.05) is 23.7 Å². The average Bonchev–Trinajstić information content (AvgIpc) is 2.83. The van der Waals surface area contributed by atoms with Gasteiger partial charge in [-0.3, -0.25) is 4.79 Å². The van der Waals surface area contributed by atoms with E-state index in [1.54, 1.807) is 24.3 Å². The molecule has 2 aromatic carbocycles. The fraction of sp³-hybridized carbons (Fsp3) is 0.0625. The maximum Gasteiger partial charge on any atom is 0.196 e. The molecule has 0 saturated heterocycles. The molecule has 0 spiro atoms. The number of aryl methyl sites for hydroxylation is 1. The van der Waals surface area contributed by atoms with E-state index in [-0.39, 0.29) is 5.78 Å². The van der Waals surface area contributed by atoms with Gasteiger partial charge in [0.15, 0.2) is 5.78 Å². The minimum atomic E-state index is -0.421. The lowest BCUT2D eigenvalue weighted by Gasteiger charge is -2.04. The third kappa shape index (κ3) is 2.00. The lowest BCUT2D eigenvalue weighted by Crippen LogP contribution is -2.02. The van der Waals surface area contributed by atoms with Crippen LogP contribution >= 0.6 is 11.6 Å². The number of halogens is 2. The molecule has 0 amide bonds. The number of hydrogen-bond donors (Lipinski definition) is 1. The molecule has 0 aliphatic heterocycles. The van der Waals surface area contributed by atoms with Crippen LogP contribution in [0.3, 0.4) is 0 Å². The number of H-pyrrole nitrogens is 1. The first-order valence-corrected chi connectivity index (χ1v) is 6.52. The van der Waals surface area contributed by atoms with Crippen molar-refractivity contribution in [3.8, 4) is 0 Å². The first-order valence-electron chi connectivity index (χ1n) is 6.14. The van der Waals surface area contributed by atoms with Crippen LogP contribution in [0.15, 0.2) is 42.6 Å². The molecule has 3 rings (SSSR count). The predicted octanol–water partition coefficient (Wildman–Crippen LogP) is 4.50. The maximum atomic E-state index is 13.9. The summed E-state index contributed by atoms with van der Waals surface area (Å²) in [5, 5.41) is 0.676. The minimum Gasteiger partial charge on any atom is -0.360 e. The second-order valence-electron chi connectivity index (χ2n) is 4.68. The van der Waals surface area contributed by atoms with Crippen LogP contribution < -0.4 is 0 Å². The Bertz CT molecular complexity index is 822. The van der Waals surface area contributed by atoms with Gasteiger partial charge in [0.2, 0.25) is 0 Å². The molecule has 0 fully saturated rings. The zero-order chi connectivity index (χ0) is 14.3. The highest BCUT2D eigenvalue weighted by Crippen LogP contribution is 2.27. The van der Waals surface area contributed by atoms with Crippen LogP contribution in [0.1, 0.15) is 21.5 Å². The second-order valence-corrected chi connectivity index (χ2v) is 5.08. The van der Waals surface area contributed by atoms with Crippen molar-refractivity contribution in [2.24, 2.45) is 0 Å². The molecule has 0 aliphatic rings. The van der Waals surface area contributed by atoms with Crippen molar-refractivity contribution >= 4 is 28.3 Å². The number of rotatable bonds is 2. The normalized spacial score (nSPS) is 10.9. The van der Waals surface area contributed by atoms with Crippen molar-refractivity contribution in [3.05, 3.63) is 70.1 Å². The summed E-state index contributed by atoms with van der Waals surface area (Å²) in [5.74, 6) is -0.707. The second kappa shape index (κ2) is 4.76. The van der Waals surface area contributed by atoms with E-state index in [0.29, 0.717) is 27.1 Å². The zero-order valence-electron chi connectivity index (χ0n) is 10.7. The van der Waals surface area contributed by atoms with E-state index in [0.717, 1.165) is 5.56 Å². The van der Waals surface area contributed by atoms with Crippen LogP contribution in [0.2, 0.25) is 5.02 Å². The van der Waals surface area contributed by atoms with E-state index >= 15 is 0 Å². The van der Waals surface area contributed by atoms with Crippen LogP contribution in [-0.2, 0) is 0 Å². The minimum absolute atomic E-state index is 0.286. The molecular formula is C16H11ClFNO. The molecule has 0 radical (unpaired) electrons. The number of aromatic nitrogens is 1. The van der Waals surface area contributed by atoms with Crippen LogP contribution in [0.5, 0.6) is 0 Å². The summed E-state index contributed by atoms with van der Waals surface area (Å²) in [5.41, 5.74) is 2.23. The van der Waals surface area contributed by atoms with Crippen molar-refractivity contribution < 1.29 is 9.18 Å². The first kappa shape index (κ1) is 12.9. The van der Waals surface area contributed by atoms with Gasteiger partial charge < -0.3 is 4.98 Å². The molecule has 100 valence electrons. The number of fused-ring (bicyclic) bond motifs is 1. The molecule has 0 atom stereocenters. The van der Waals surface area contributed by atoms with Crippen molar-refractivity contribution in [1.82, 2.24) is 4.98 Å². The number of ketones is 1. The lowest BCUT2D eigenvalue weighted by molar-refractivity contribution is 0.104. The van der Waals surface area contributed by atoms with Gasteiger partial charge in [0.1, 0.15) is 5.82 Å². The number of hydrogen-bond acceptors (Lipinski definition) is 1. The summed E-state index contributed by atoms with van der Waals surface area (Å²) >= 11 is 6.11. The molecular weight excluding hydrogens is 277 g/mol. The van der Waals surface area contributed by atoms with E-state index in [2.05, 4.69) is 4.98 Å². The Balaban J connectivity index is 2.18. The summed E-state index contributed by atoms with van der Waals surface area (Å²) in [6, 6.07) is 9.86. The highest BCUT2D eigenvalue weighted by Gasteiger charge is 2.18. The van der Waals surface area contributed by atoms with Crippen molar-refractivity contribution in [2.75, 3.05) is 0 Å². The fourth-order valence-corrected chi connectivity index (χ4v) is 2.59. The van der Waals surface area contributed by atoms with Crippen LogP contribution in [0, 0.1) is 12.7 Å². The summed E-state index contributed by atoms with van der Waals surface area (Å²) in [6.45, 7) is 1.89. The number of nitrogens with one attached hydrogen (secondary N) is 1. The van der Waals surface area contributed by atoms with Gasteiger partial charge in [0.05, 0.1) is 10.6 Å². The third-order valence-electron chi connectivity index (χ3n) is 3.27. The Morgan fingerprint density at radius 3 is 2.75 bits per heavy atom. The SMILES string of the molecule is Cc1ccc(C(=O)c2c[nH]c3cccc(F)c23)c(Cl)c1. The molecule has 1 aromatic heterocycles. The predicted molar refractivity (Wildman–Crippen MR) is 77.9 cm³/mol. The molecule has 0 saturated carbocycles. The Morgan fingerprint density at radius 2 is 2.00 bits per heavy atom. The molecule has 1 heterocycles. The molecule has 20 heavy (non-hydrogen) atoms. The molecule has 0 bridgehead atoms. The number of carbonyl (C=O) groups is 1. The lowest BCUT2D eigenvalue weighted by atomic mass is 10.0. The van der Waals surface area contributed by atoms with Gasteiger partial charge in [-0.05, 0) is 36.8 Å². The highest BCUT2D eigenvalue weighted by molar-refractivity contribution is 6.35. The summed E-state index contributed by atoms with van der Waals surface area (Å²) in [6.07, 6.45) is 1.52. The Morgan fingerprint density at radius 1 is 1.20 bits per heavy atom. The fourth-order valence-electron chi connectivity index (χ4n) is 2.27. The standard InChI is InChI=1S/C16H11ClFNO/c1-9-5-6-10(12(17)7-9)16(20)11-8-19-14-4-2-3-13(18)15(11)14/h2-8,19H,1H3. The van der Waals surface area contributed by atoms with Gasteiger partial charge in [0.25, 0.3) is 0 Å². The quantitative estimate of drug-likeness (QED) is 0.692. The summed E-state index contributed by atoms with van der Waals surface area (Å²) < 4.78 is 13.9. The van der Waals surface area contributed by atoms with Gasteiger partial charge in [-0.15, -0.1) is 0 Å². The Kier molecular flexibility index (Phi) is 3.07. The number of carbonyl (C=O) groups excluding carboxylic acids is 1. The van der Waals surface area contributed by atoms with E-state index in [1.807, 2.05) is 13.0 Å². The Labute approximate surface area is 120 Å². The zero-order valence-corrected chi connectivity index (χ0v) is 11.5. The topological polar surface area (TPSA) is 32.9 Å². The van der Waals surface area contributed by atoms with Crippen molar-refractivity contribution in [1.29, 1.82) is 0 Å². The smallest absolute Gasteiger partial charge is 0.196 e. The van der Waals surface area contributed by atoms with Gasteiger partial charge in [-0.25, -0.2) is 4.39 Å². The molecule has 0 unspecified atom stereocenters. The van der Waals surface area contributed by atoms with E-state index < -0.39 is 5.82 Å². The average molecular weight is 288 g/mol. The number of benzene rings is 2.